The molecule has 310 valence electrons. The van der Waals surface area contributed by atoms with Crippen LogP contribution in [0.1, 0.15) is 52.7 Å². The van der Waals surface area contributed by atoms with E-state index in [0.29, 0.717) is 0 Å². The highest BCUT2D eigenvalue weighted by Crippen LogP contribution is 2.52. The number of hydrogen-bond acceptors (Lipinski definition) is 5. The Morgan fingerprint density at radius 3 is 1.50 bits per heavy atom. The molecular weight excluding hydrogens is 797 g/mol. The quantitative estimate of drug-likeness (QED) is 0.160. The number of phenols is 2. The van der Waals surface area contributed by atoms with Gasteiger partial charge in [0.05, 0.1) is 0 Å². The van der Waals surface area contributed by atoms with Crippen molar-refractivity contribution in [2.24, 2.45) is 11.3 Å². The summed E-state index contributed by atoms with van der Waals surface area (Å²) < 4.78 is 7.08. The van der Waals surface area contributed by atoms with E-state index in [4.69, 9.17) is 4.74 Å². The number of fused-ring (bicyclic) bond motifs is 2. The molecule has 7 aromatic carbocycles. The summed E-state index contributed by atoms with van der Waals surface area (Å²) >= 11 is 3.49. The minimum absolute atomic E-state index is 0.103. The molecule has 1 aliphatic carbocycles. The number of phenolic OH excluding ortho intramolecular Hbond substituents is 2. The molecule has 0 aromatic heterocycles. The number of allylic oxidation sites excluding steroid dienone is 1. The molecule has 2 unspecified atom stereocenters. The Bertz CT molecular complexity index is 2840. The van der Waals surface area contributed by atoms with Crippen molar-refractivity contribution in [1.82, 2.24) is 0 Å². The molecule has 1 aliphatic heterocycles. The Hall–Kier alpha value is -5.88. The van der Waals surface area contributed by atoms with Crippen LogP contribution in [0, 0.1) is 11.3 Å². The molecule has 5 heteroatoms. The number of aromatic hydroxyl groups is 2. The van der Waals surface area contributed by atoms with Crippen molar-refractivity contribution in [1.29, 1.82) is 0 Å². The highest BCUT2D eigenvalue weighted by atomic mass is 32.2. The number of hydrogen-bond donors (Lipinski definition) is 2. The topological polar surface area (TPSA) is 49.7 Å². The second kappa shape index (κ2) is 16.8. The fraction of sp³-hybridized carbons (Fsp3) is 0.193. The first-order valence-electron chi connectivity index (χ1n) is 21.4. The van der Waals surface area contributed by atoms with Gasteiger partial charge in [0.2, 0.25) is 0 Å². The predicted octanol–water partition coefficient (Wildman–Crippen LogP) is 15.8. The van der Waals surface area contributed by atoms with Gasteiger partial charge in [-0.3, -0.25) is 0 Å². The van der Waals surface area contributed by atoms with E-state index in [0.717, 1.165) is 71.4 Å². The lowest BCUT2D eigenvalue weighted by atomic mass is 9.77. The smallest absolute Gasteiger partial charge is 0.131 e. The molecule has 0 saturated carbocycles. The molecule has 7 aromatic rings. The van der Waals surface area contributed by atoms with Crippen LogP contribution in [0.2, 0.25) is 0 Å². The van der Waals surface area contributed by atoms with E-state index in [1.807, 2.05) is 109 Å². The fourth-order valence-corrected chi connectivity index (χ4v) is 11.4. The molecule has 0 radical (unpaired) electrons. The predicted molar refractivity (Wildman–Crippen MR) is 260 cm³/mol. The third kappa shape index (κ3) is 8.24. The van der Waals surface area contributed by atoms with Gasteiger partial charge < -0.3 is 14.9 Å². The normalized spacial score (nSPS) is 16.1. The average Bonchev–Trinajstić information content (AvgIpc) is 3.26. The second-order valence-electron chi connectivity index (χ2n) is 18.3. The second-order valence-corrected chi connectivity index (χ2v) is 20.5. The lowest BCUT2D eigenvalue weighted by Gasteiger charge is -2.38. The molecule has 1 heterocycles. The Kier molecular flexibility index (Phi) is 11.2. The molecule has 62 heavy (non-hydrogen) atoms. The minimum atomic E-state index is -0.138. The average molecular weight is 849 g/mol. The van der Waals surface area contributed by atoms with E-state index >= 15 is 0 Å². The summed E-state index contributed by atoms with van der Waals surface area (Å²) in [6.07, 6.45) is 5.56. The molecule has 0 bridgehead atoms. The highest BCUT2D eigenvalue weighted by molar-refractivity contribution is 8.03. The van der Waals surface area contributed by atoms with Crippen molar-refractivity contribution in [3.05, 3.63) is 191 Å². The number of para-hydroxylation sites is 2. The first-order valence-corrected chi connectivity index (χ1v) is 23.0. The summed E-state index contributed by atoms with van der Waals surface area (Å²) in [7, 11) is 0. The summed E-state index contributed by atoms with van der Waals surface area (Å²) in [6, 6.07) is 53.6. The molecule has 3 nitrogen and oxygen atoms in total. The van der Waals surface area contributed by atoms with Crippen LogP contribution < -0.4 is 4.74 Å². The van der Waals surface area contributed by atoms with Gasteiger partial charge in [0.15, 0.2) is 0 Å². The van der Waals surface area contributed by atoms with Gasteiger partial charge in [-0.25, -0.2) is 0 Å². The van der Waals surface area contributed by atoms with Crippen LogP contribution >= 0.6 is 23.5 Å². The summed E-state index contributed by atoms with van der Waals surface area (Å²) in [5.41, 5.74) is 10.8. The number of benzene rings is 7. The summed E-state index contributed by atoms with van der Waals surface area (Å²) in [4.78, 5) is 4.48. The number of ether oxygens (including phenoxy) is 1. The van der Waals surface area contributed by atoms with Gasteiger partial charge >= 0.3 is 0 Å². The molecule has 2 aliphatic rings. The van der Waals surface area contributed by atoms with Crippen LogP contribution in [-0.2, 0) is 11.8 Å². The molecule has 2 N–H and O–H groups in total. The Morgan fingerprint density at radius 2 is 0.968 bits per heavy atom. The maximum atomic E-state index is 11.7. The molecule has 2 atom stereocenters. The van der Waals surface area contributed by atoms with Gasteiger partial charge in [0.1, 0.15) is 23.4 Å². The van der Waals surface area contributed by atoms with Crippen molar-refractivity contribution >= 4 is 23.5 Å². The third-order valence-corrected chi connectivity index (χ3v) is 14.2. The molecule has 0 spiro atoms. The monoisotopic (exact) mass is 848 g/mol. The van der Waals surface area contributed by atoms with Gasteiger partial charge in [-0.05, 0) is 80.5 Å². The zero-order valence-corrected chi connectivity index (χ0v) is 37.8. The standard InChI is InChI=1S/C57H52O3S2/c1-56(2,3)46-32-38-31-39-33-47(57(4,5)6)53(62-51-30-16-14-24-43(51)45-28-18-26-41(55(45)59)37-21-11-8-12-22-37)35-49(39)60-48(38)34-52(46)61-50-29-15-13-23-42(50)44-27-17-25-40(54(44)58)36-19-9-7-10-20-36/h7-30,32-35,38,48,58-59H,31H2,1-6H3. The molecule has 0 saturated heterocycles. The van der Waals surface area contributed by atoms with E-state index in [-0.39, 0.29) is 34.4 Å². The number of thioether (sulfide) groups is 1. The highest BCUT2D eigenvalue weighted by Gasteiger charge is 2.36. The van der Waals surface area contributed by atoms with E-state index < -0.39 is 0 Å². The van der Waals surface area contributed by atoms with Gasteiger partial charge in [-0.2, -0.15) is 0 Å². The first kappa shape index (κ1) is 41.5. The van der Waals surface area contributed by atoms with Gasteiger partial charge in [0.25, 0.3) is 0 Å². The van der Waals surface area contributed by atoms with Crippen LogP contribution in [0.3, 0.4) is 0 Å². The lowest BCUT2D eigenvalue weighted by molar-refractivity contribution is 0.175. The van der Waals surface area contributed by atoms with Crippen molar-refractivity contribution in [3.8, 4) is 61.8 Å². The van der Waals surface area contributed by atoms with Crippen molar-refractivity contribution < 1.29 is 14.9 Å². The zero-order chi connectivity index (χ0) is 43.2. The SMILES string of the molecule is CC(C)(C)C1=CC2Cc3cc(C(C)(C)C)c(Sc4ccccc4-c4cccc(-c5ccccc5)c4O)cc3OC2C=C1Sc1ccccc1-c1cccc(-c2ccccc2)c1O. The largest absolute Gasteiger partial charge is 0.507 e. The third-order valence-electron chi connectivity index (χ3n) is 11.9. The minimum Gasteiger partial charge on any atom is -0.507 e. The summed E-state index contributed by atoms with van der Waals surface area (Å²) in [5.74, 6) is 1.68. The fourth-order valence-electron chi connectivity index (χ4n) is 8.72. The van der Waals surface area contributed by atoms with Crippen LogP contribution in [-0.4, -0.2) is 16.3 Å². The summed E-state index contributed by atoms with van der Waals surface area (Å²) in [6.45, 7) is 13.7. The number of rotatable bonds is 8. The summed E-state index contributed by atoms with van der Waals surface area (Å²) in [5, 5.41) is 23.4. The maximum Gasteiger partial charge on any atom is 0.131 e. The van der Waals surface area contributed by atoms with E-state index in [1.165, 1.54) is 21.6 Å². The molecular formula is C57H52O3S2. The molecule has 0 fully saturated rings. The van der Waals surface area contributed by atoms with Crippen LogP contribution in [0.15, 0.2) is 195 Å². The van der Waals surface area contributed by atoms with Gasteiger partial charge in [0, 0.05) is 47.8 Å². The Morgan fingerprint density at radius 1 is 0.484 bits per heavy atom. The first-order chi connectivity index (χ1) is 29.8. The van der Waals surface area contributed by atoms with Crippen molar-refractivity contribution in [2.75, 3.05) is 0 Å². The lowest BCUT2D eigenvalue weighted by Crippen LogP contribution is -2.34. The van der Waals surface area contributed by atoms with E-state index in [2.05, 4.69) is 102 Å². The van der Waals surface area contributed by atoms with Gasteiger partial charge in [-0.15, -0.1) is 0 Å². The van der Waals surface area contributed by atoms with E-state index in [9.17, 15) is 10.2 Å². The Balaban J connectivity index is 1.07. The van der Waals surface area contributed by atoms with Crippen LogP contribution in [0.4, 0.5) is 0 Å². The van der Waals surface area contributed by atoms with Crippen molar-refractivity contribution in [2.45, 2.75) is 74.2 Å². The zero-order valence-electron chi connectivity index (χ0n) is 36.1. The maximum absolute atomic E-state index is 11.7. The molecule has 0 amide bonds. The van der Waals surface area contributed by atoms with E-state index in [1.54, 1.807) is 23.5 Å². The van der Waals surface area contributed by atoms with Gasteiger partial charge in [-0.1, -0.05) is 211 Å². The van der Waals surface area contributed by atoms with Crippen LogP contribution in [0.25, 0.3) is 44.5 Å². The Labute approximate surface area is 375 Å². The van der Waals surface area contributed by atoms with Crippen LogP contribution in [0.5, 0.6) is 17.2 Å². The van der Waals surface area contributed by atoms with Crippen molar-refractivity contribution in [3.63, 3.8) is 0 Å². The molecule has 9 rings (SSSR count).